The van der Waals surface area contributed by atoms with Gasteiger partial charge in [0.15, 0.2) is 5.11 Å². The largest absolute Gasteiger partial charge is 0.469 e. The van der Waals surface area contributed by atoms with Crippen LogP contribution in [-0.4, -0.2) is 52.3 Å². The summed E-state index contributed by atoms with van der Waals surface area (Å²) < 4.78 is 11.8. The summed E-state index contributed by atoms with van der Waals surface area (Å²) in [6.45, 7) is 0.371. The molecule has 2 atom stereocenters. The van der Waals surface area contributed by atoms with Crippen LogP contribution in [0.2, 0.25) is 0 Å². The van der Waals surface area contributed by atoms with Crippen molar-refractivity contribution in [2.45, 2.75) is 18.5 Å². The molecular weight excluding hydrogens is 440 g/mol. The molecule has 3 heterocycles. The molecule has 0 spiro atoms. The summed E-state index contributed by atoms with van der Waals surface area (Å²) in [5.41, 5.74) is 2.84. The van der Waals surface area contributed by atoms with Gasteiger partial charge in [-0.1, -0.05) is 18.2 Å². The highest BCUT2D eigenvalue weighted by Gasteiger charge is 2.41. The Morgan fingerprint density at radius 3 is 2.58 bits per heavy atom. The minimum Gasteiger partial charge on any atom is -0.469 e. The van der Waals surface area contributed by atoms with E-state index >= 15 is 0 Å². The fraction of sp³-hybridized carbons (Fsp3) is 0.250. The lowest BCUT2D eigenvalue weighted by atomic mass is 10.0. The molecule has 1 fully saturated rings. The SMILES string of the molecule is COC(=O)CCN1C(=S)N[C@H](c2ccccn2)[C@H]1c1cccn1-c1ccccc1C(=O)OC. The van der Waals surface area contributed by atoms with Gasteiger partial charge in [0, 0.05) is 24.6 Å². The second-order valence-corrected chi connectivity index (χ2v) is 7.84. The fourth-order valence-corrected chi connectivity index (χ4v) is 4.43. The molecule has 0 saturated carbocycles. The number of benzene rings is 1. The molecule has 1 saturated heterocycles. The number of ether oxygens (including phenoxy) is 2. The van der Waals surface area contributed by atoms with E-state index in [2.05, 4.69) is 10.3 Å². The fourth-order valence-electron chi connectivity index (χ4n) is 4.10. The van der Waals surface area contributed by atoms with Gasteiger partial charge in [-0.25, -0.2) is 4.79 Å². The number of aromatic nitrogens is 2. The van der Waals surface area contributed by atoms with Gasteiger partial charge in [-0.05, 0) is 48.6 Å². The minimum absolute atomic E-state index is 0.184. The molecule has 8 nitrogen and oxygen atoms in total. The molecular formula is C24H24N4O4S. The summed E-state index contributed by atoms with van der Waals surface area (Å²) in [5.74, 6) is -0.738. The van der Waals surface area contributed by atoms with E-state index in [9.17, 15) is 9.59 Å². The van der Waals surface area contributed by atoms with Crippen LogP contribution >= 0.6 is 12.2 Å². The molecule has 2 aromatic heterocycles. The zero-order valence-electron chi connectivity index (χ0n) is 18.3. The molecule has 0 unspecified atom stereocenters. The molecule has 3 aromatic rings. The maximum absolute atomic E-state index is 12.4. The van der Waals surface area contributed by atoms with Crippen LogP contribution in [0.4, 0.5) is 0 Å². The van der Waals surface area contributed by atoms with E-state index in [-0.39, 0.29) is 24.5 Å². The van der Waals surface area contributed by atoms with Crippen molar-refractivity contribution in [3.8, 4) is 5.69 Å². The van der Waals surface area contributed by atoms with Crippen LogP contribution in [-0.2, 0) is 14.3 Å². The van der Waals surface area contributed by atoms with Gasteiger partial charge in [0.2, 0.25) is 0 Å². The van der Waals surface area contributed by atoms with Crippen LogP contribution in [0.15, 0.2) is 67.0 Å². The molecule has 1 N–H and O–H groups in total. The third-order valence-electron chi connectivity index (χ3n) is 5.63. The molecule has 1 aliphatic heterocycles. The highest BCUT2D eigenvalue weighted by atomic mass is 32.1. The number of methoxy groups -OCH3 is 2. The Bertz CT molecular complexity index is 1160. The molecule has 1 aromatic carbocycles. The molecule has 170 valence electrons. The summed E-state index contributed by atoms with van der Waals surface area (Å²) >= 11 is 5.65. The van der Waals surface area contributed by atoms with E-state index in [1.54, 1.807) is 18.3 Å². The Hall–Kier alpha value is -3.72. The van der Waals surface area contributed by atoms with Crippen LogP contribution in [0.3, 0.4) is 0 Å². The summed E-state index contributed by atoms with van der Waals surface area (Å²) in [7, 11) is 2.73. The molecule has 4 rings (SSSR count). The highest BCUT2D eigenvalue weighted by Crippen LogP contribution is 2.39. The molecule has 0 amide bonds. The van der Waals surface area contributed by atoms with E-state index in [4.69, 9.17) is 21.7 Å². The first-order valence-electron chi connectivity index (χ1n) is 10.4. The normalized spacial score (nSPS) is 17.5. The Morgan fingerprint density at radius 2 is 1.85 bits per heavy atom. The van der Waals surface area contributed by atoms with Gasteiger partial charge >= 0.3 is 11.9 Å². The lowest BCUT2D eigenvalue weighted by Gasteiger charge is -2.29. The van der Waals surface area contributed by atoms with Crippen LogP contribution in [0.5, 0.6) is 0 Å². The van der Waals surface area contributed by atoms with E-state index < -0.39 is 5.97 Å². The number of rotatable bonds is 7. The zero-order chi connectivity index (χ0) is 23.4. The number of para-hydroxylation sites is 1. The van der Waals surface area contributed by atoms with Crippen LogP contribution in [0.1, 0.15) is 40.3 Å². The molecule has 1 aliphatic rings. The predicted octanol–water partition coefficient (Wildman–Crippen LogP) is 3.19. The second-order valence-electron chi connectivity index (χ2n) is 7.46. The van der Waals surface area contributed by atoms with Crippen LogP contribution < -0.4 is 5.32 Å². The summed E-state index contributed by atoms with van der Waals surface area (Å²) in [5, 5.41) is 3.89. The van der Waals surface area contributed by atoms with Gasteiger partial charge in [0.1, 0.15) is 0 Å². The van der Waals surface area contributed by atoms with Crippen molar-refractivity contribution >= 4 is 29.3 Å². The first kappa shape index (κ1) is 22.5. The number of thiocarbonyl (C=S) groups is 1. The van der Waals surface area contributed by atoms with Crippen molar-refractivity contribution in [2.24, 2.45) is 0 Å². The third-order valence-corrected chi connectivity index (χ3v) is 5.99. The van der Waals surface area contributed by atoms with Gasteiger partial charge < -0.3 is 24.3 Å². The maximum Gasteiger partial charge on any atom is 0.339 e. The van der Waals surface area contributed by atoms with Gasteiger partial charge in [-0.2, -0.15) is 0 Å². The van der Waals surface area contributed by atoms with E-state index in [0.29, 0.717) is 22.9 Å². The number of nitrogens with one attached hydrogen (secondary N) is 1. The van der Waals surface area contributed by atoms with Gasteiger partial charge in [-0.15, -0.1) is 0 Å². The molecule has 33 heavy (non-hydrogen) atoms. The van der Waals surface area contributed by atoms with E-state index in [0.717, 1.165) is 11.4 Å². The van der Waals surface area contributed by atoms with Gasteiger partial charge in [-0.3, -0.25) is 9.78 Å². The number of hydrogen-bond acceptors (Lipinski definition) is 6. The molecule has 9 heteroatoms. The number of esters is 2. The van der Waals surface area contributed by atoms with Crippen LogP contribution in [0.25, 0.3) is 5.69 Å². The van der Waals surface area contributed by atoms with Crippen molar-refractivity contribution in [3.63, 3.8) is 0 Å². The minimum atomic E-state index is -0.422. The van der Waals surface area contributed by atoms with E-state index in [1.165, 1.54) is 14.2 Å². The highest BCUT2D eigenvalue weighted by molar-refractivity contribution is 7.80. The van der Waals surface area contributed by atoms with Crippen molar-refractivity contribution in [1.29, 1.82) is 0 Å². The second kappa shape index (κ2) is 9.83. The Morgan fingerprint density at radius 1 is 1.06 bits per heavy atom. The number of nitrogens with zero attached hydrogens (tertiary/aromatic N) is 3. The van der Waals surface area contributed by atoms with Crippen LogP contribution in [0, 0.1) is 0 Å². The smallest absolute Gasteiger partial charge is 0.339 e. The predicted molar refractivity (Wildman–Crippen MR) is 126 cm³/mol. The summed E-state index contributed by atoms with van der Waals surface area (Å²) in [6, 6.07) is 16.3. The first-order valence-corrected chi connectivity index (χ1v) is 10.9. The van der Waals surface area contributed by atoms with E-state index in [1.807, 2.05) is 58.1 Å². The van der Waals surface area contributed by atoms with Crippen molar-refractivity contribution in [2.75, 3.05) is 20.8 Å². The summed E-state index contributed by atoms with van der Waals surface area (Å²) in [4.78, 5) is 30.8. The van der Waals surface area contributed by atoms with Gasteiger partial charge in [0.05, 0.1) is 49.7 Å². The average Bonchev–Trinajstić information content (AvgIpc) is 3.46. The molecule has 0 radical (unpaired) electrons. The van der Waals surface area contributed by atoms with Gasteiger partial charge in [0.25, 0.3) is 0 Å². The topological polar surface area (TPSA) is 85.7 Å². The standard InChI is InChI=1S/C24H24N4O4S/c1-31-20(29)12-15-28-22(21(26-24(28)33)17-9-5-6-13-25-17)19-11-7-14-27(19)18-10-4-3-8-16(18)23(30)32-2/h3-11,13-14,21-22H,12,15H2,1-2H3,(H,26,33)/t21-,22-/m1/s1. The summed E-state index contributed by atoms with van der Waals surface area (Å²) in [6.07, 6.45) is 3.81. The monoisotopic (exact) mass is 464 g/mol. The third kappa shape index (κ3) is 4.45. The quantitative estimate of drug-likeness (QED) is 0.422. The van der Waals surface area contributed by atoms with Crippen molar-refractivity contribution < 1.29 is 19.1 Å². The van der Waals surface area contributed by atoms with Crippen molar-refractivity contribution in [1.82, 2.24) is 19.8 Å². The van der Waals surface area contributed by atoms with Crippen molar-refractivity contribution in [3.05, 3.63) is 83.9 Å². The number of carbonyl (C=O) groups excluding carboxylic acids is 2. The number of hydrogen-bond donors (Lipinski definition) is 1. The first-order chi connectivity index (χ1) is 16.0. The average molecular weight is 465 g/mol. The maximum atomic E-state index is 12.4. The zero-order valence-corrected chi connectivity index (χ0v) is 19.1. The molecule has 0 bridgehead atoms. The Kier molecular flexibility index (Phi) is 6.69. The number of pyridine rings is 1. The lowest BCUT2D eigenvalue weighted by Crippen LogP contribution is -2.32. The molecule has 0 aliphatic carbocycles. The Labute approximate surface area is 197 Å². The Balaban J connectivity index is 1.81. The number of carbonyl (C=O) groups is 2. The lowest BCUT2D eigenvalue weighted by molar-refractivity contribution is -0.140.